The van der Waals surface area contributed by atoms with Crippen LogP contribution < -0.4 is 16.0 Å². The van der Waals surface area contributed by atoms with E-state index in [0.29, 0.717) is 36.4 Å². The number of nitrogens with one attached hydrogen (secondary N) is 3. The summed E-state index contributed by atoms with van der Waals surface area (Å²) in [5.41, 5.74) is 1.52. The number of urea groups is 1. The molecule has 0 atom stereocenters. The summed E-state index contributed by atoms with van der Waals surface area (Å²) in [7, 11) is 0. The van der Waals surface area contributed by atoms with Gasteiger partial charge in [0, 0.05) is 38.2 Å². The number of amides is 5. The average molecular weight is 482 g/mol. The smallest absolute Gasteiger partial charge is 0.340 e. The summed E-state index contributed by atoms with van der Waals surface area (Å²) >= 11 is 0. The van der Waals surface area contributed by atoms with Gasteiger partial charge in [0.1, 0.15) is 0 Å². The first-order chi connectivity index (χ1) is 16.7. The van der Waals surface area contributed by atoms with Crippen LogP contribution in [0.2, 0.25) is 0 Å². The normalized spacial score (nSPS) is 12.7. The van der Waals surface area contributed by atoms with Gasteiger partial charge in [-0.1, -0.05) is 6.07 Å². The molecule has 0 spiro atoms. The van der Waals surface area contributed by atoms with E-state index >= 15 is 0 Å². The van der Waals surface area contributed by atoms with Crippen molar-refractivity contribution >= 4 is 46.8 Å². The molecule has 35 heavy (non-hydrogen) atoms. The molecule has 0 unspecified atom stereocenters. The Morgan fingerprint density at radius 1 is 0.829 bits per heavy atom. The fourth-order valence-corrected chi connectivity index (χ4v) is 3.58. The lowest BCUT2D eigenvalue weighted by Gasteiger charge is -2.28. The molecule has 11 heteroatoms. The lowest BCUT2D eigenvalue weighted by atomic mass is 10.1. The van der Waals surface area contributed by atoms with Gasteiger partial charge in [-0.25, -0.2) is 19.6 Å². The van der Waals surface area contributed by atoms with Gasteiger partial charge in [-0.05, 0) is 49.7 Å². The molecule has 3 rings (SSSR count). The van der Waals surface area contributed by atoms with E-state index in [0.717, 1.165) is 0 Å². The molecule has 1 heterocycles. The molecule has 0 radical (unpaired) electrons. The summed E-state index contributed by atoms with van der Waals surface area (Å²) in [6.07, 6.45) is 0.574. The van der Waals surface area contributed by atoms with Gasteiger partial charge < -0.3 is 20.7 Å². The van der Waals surface area contributed by atoms with Crippen LogP contribution in [0.3, 0.4) is 0 Å². The SMILES string of the molecule is CCOC(=O)c1cccc(NC(=O)N2CCCN2C(=O)c2ccc(NC(C)=O)c(NC(C)=O)c2)c1. The van der Waals surface area contributed by atoms with Crippen LogP contribution in [0, 0.1) is 0 Å². The van der Waals surface area contributed by atoms with Crippen molar-refractivity contribution in [3.8, 4) is 0 Å². The van der Waals surface area contributed by atoms with Crippen molar-refractivity contribution in [3.05, 3.63) is 53.6 Å². The molecule has 2 aromatic carbocycles. The number of esters is 1. The van der Waals surface area contributed by atoms with Crippen LogP contribution in [-0.4, -0.2) is 59.4 Å². The number of ether oxygens (including phenoxy) is 1. The minimum atomic E-state index is -0.534. The first-order valence-corrected chi connectivity index (χ1v) is 11.1. The average Bonchev–Trinajstić information content (AvgIpc) is 3.29. The maximum atomic E-state index is 13.2. The number of carbonyl (C=O) groups is 5. The van der Waals surface area contributed by atoms with Crippen LogP contribution in [0.1, 0.15) is 47.9 Å². The highest BCUT2D eigenvalue weighted by Crippen LogP contribution is 2.26. The Balaban J connectivity index is 1.78. The summed E-state index contributed by atoms with van der Waals surface area (Å²) in [6, 6.07) is 10.3. The van der Waals surface area contributed by atoms with E-state index in [1.54, 1.807) is 25.1 Å². The molecule has 0 bridgehead atoms. The molecular weight excluding hydrogens is 454 g/mol. The van der Waals surface area contributed by atoms with Gasteiger partial charge >= 0.3 is 12.0 Å². The van der Waals surface area contributed by atoms with E-state index < -0.39 is 17.9 Å². The number of anilines is 3. The van der Waals surface area contributed by atoms with Crippen LogP contribution in [0.15, 0.2) is 42.5 Å². The highest BCUT2D eigenvalue weighted by atomic mass is 16.5. The van der Waals surface area contributed by atoms with Crippen molar-refractivity contribution in [2.45, 2.75) is 27.2 Å². The van der Waals surface area contributed by atoms with Crippen molar-refractivity contribution in [3.63, 3.8) is 0 Å². The Labute approximate surface area is 202 Å². The Morgan fingerprint density at radius 2 is 1.51 bits per heavy atom. The van der Waals surface area contributed by atoms with Crippen molar-refractivity contribution in [1.82, 2.24) is 10.0 Å². The summed E-state index contributed by atoms with van der Waals surface area (Å²) in [5.74, 6) is -1.64. The number of benzene rings is 2. The summed E-state index contributed by atoms with van der Waals surface area (Å²) < 4.78 is 4.98. The number of nitrogens with zero attached hydrogens (tertiary/aromatic N) is 2. The van der Waals surface area contributed by atoms with E-state index in [-0.39, 0.29) is 29.7 Å². The van der Waals surface area contributed by atoms with Crippen molar-refractivity contribution < 1.29 is 28.7 Å². The largest absolute Gasteiger partial charge is 0.462 e. The van der Waals surface area contributed by atoms with Crippen molar-refractivity contribution in [2.24, 2.45) is 0 Å². The van der Waals surface area contributed by atoms with Crippen molar-refractivity contribution in [2.75, 3.05) is 35.6 Å². The Morgan fingerprint density at radius 3 is 2.20 bits per heavy atom. The lowest BCUT2D eigenvalue weighted by Crippen LogP contribution is -2.46. The van der Waals surface area contributed by atoms with Crippen LogP contribution >= 0.6 is 0 Å². The molecule has 0 aliphatic carbocycles. The van der Waals surface area contributed by atoms with Crippen molar-refractivity contribution in [1.29, 1.82) is 0 Å². The molecule has 2 aromatic rings. The van der Waals surface area contributed by atoms with Gasteiger partial charge in [0.25, 0.3) is 5.91 Å². The zero-order chi connectivity index (χ0) is 25.5. The fraction of sp³-hybridized carbons (Fsp3) is 0.292. The second-order valence-corrected chi connectivity index (χ2v) is 7.76. The third-order valence-electron chi connectivity index (χ3n) is 5.01. The van der Waals surface area contributed by atoms with Crippen LogP contribution in [0.25, 0.3) is 0 Å². The minimum Gasteiger partial charge on any atom is -0.462 e. The molecule has 3 N–H and O–H groups in total. The third kappa shape index (κ3) is 6.34. The Hall–Kier alpha value is -4.41. The van der Waals surface area contributed by atoms with Gasteiger partial charge in [0.15, 0.2) is 0 Å². The second-order valence-electron chi connectivity index (χ2n) is 7.76. The lowest BCUT2D eigenvalue weighted by molar-refractivity contribution is -0.115. The molecule has 11 nitrogen and oxygen atoms in total. The van der Waals surface area contributed by atoms with Gasteiger partial charge in [-0.2, -0.15) is 0 Å². The van der Waals surface area contributed by atoms with Gasteiger partial charge in [0.05, 0.1) is 23.5 Å². The standard InChI is InChI=1S/C24H27N5O6/c1-4-35-23(33)18-7-5-8-19(13-18)27-24(34)29-12-6-11-28(29)22(32)17-9-10-20(25-15(2)30)21(14-17)26-16(3)31/h5,7-10,13-14H,4,6,11-12H2,1-3H3,(H,25,30)(H,26,31)(H,27,34). The topological polar surface area (TPSA) is 137 Å². The maximum Gasteiger partial charge on any atom is 0.340 e. The van der Waals surface area contributed by atoms with E-state index in [9.17, 15) is 24.0 Å². The first-order valence-electron chi connectivity index (χ1n) is 11.1. The van der Waals surface area contributed by atoms with Gasteiger partial charge in [0.2, 0.25) is 11.8 Å². The van der Waals surface area contributed by atoms with Gasteiger partial charge in [-0.15, -0.1) is 0 Å². The number of hydrogen-bond acceptors (Lipinski definition) is 6. The molecule has 184 valence electrons. The summed E-state index contributed by atoms with van der Waals surface area (Å²) in [5, 5.41) is 10.5. The number of carbonyl (C=O) groups excluding carboxylic acids is 5. The van der Waals surface area contributed by atoms with E-state index in [1.165, 1.54) is 48.1 Å². The second kappa shape index (κ2) is 11.1. The van der Waals surface area contributed by atoms with E-state index in [2.05, 4.69) is 16.0 Å². The zero-order valence-electron chi connectivity index (χ0n) is 19.7. The predicted octanol–water partition coefficient (Wildman–Crippen LogP) is 3.08. The molecule has 5 amide bonds. The summed E-state index contributed by atoms with van der Waals surface area (Å²) in [4.78, 5) is 61.2. The Kier molecular flexibility index (Phi) is 8.03. The van der Waals surface area contributed by atoms with Crippen LogP contribution in [0.4, 0.5) is 21.9 Å². The highest BCUT2D eigenvalue weighted by molar-refractivity contribution is 6.03. The monoisotopic (exact) mass is 481 g/mol. The summed E-state index contributed by atoms with van der Waals surface area (Å²) in [6.45, 7) is 5.22. The Bertz CT molecular complexity index is 1160. The zero-order valence-corrected chi connectivity index (χ0v) is 19.7. The van der Waals surface area contributed by atoms with Crippen LogP contribution in [0.5, 0.6) is 0 Å². The van der Waals surface area contributed by atoms with Gasteiger partial charge in [-0.3, -0.25) is 14.4 Å². The molecule has 1 saturated heterocycles. The third-order valence-corrected chi connectivity index (χ3v) is 5.01. The number of hydrogen-bond donors (Lipinski definition) is 3. The highest BCUT2D eigenvalue weighted by Gasteiger charge is 2.32. The maximum absolute atomic E-state index is 13.2. The van der Waals surface area contributed by atoms with Crippen LogP contribution in [-0.2, 0) is 14.3 Å². The number of hydrazine groups is 1. The molecule has 1 aliphatic heterocycles. The molecule has 0 saturated carbocycles. The van der Waals surface area contributed by atoms with E-state index in [1.807, 2.05) is 0 Å². The predicted molar refractivity (Wildman–Crippen MR) is 129 cm³/mol. The molecular formula is C24H27N5O6. The fourth-order valence-electron chi connectivity index (χ4n) is 3.58. The van der Waals surface area contributed by atoms with E-state index in [4.69, 9.17) is 4.74 Å². The molecule has 1 fully saturated rings. The number of rotatable bonds is 6. The first kappa shape index (κ1) is 25.2. The molecule has 1 aliphatic rings. The quantitative estimate of drug-likeness (QED) is 0.542. The minimum absolute atomic E-state index is 0.229. The molecule has 0 aromatic heterocycles.